The van der Waals surface area contributed by atoms with E-state index in [0.29, 0.717) is 12.5 Å². The molecule has 4 N–H and O–H groups in total. The Hall–Kier alpha value is -2.58. The number of hydrazine groups is 1. The number of carbonyl (C=O) groups is 4. The highest BCUT2D eigenvalue weighted by Crippen LogP contribution is 2.00. The lowest BCUT2D eigenvalue weighted by Gasteiger charge is -2.15. The number of amides is 4. The zero-order valence-corrected chi connectivity index (χ0v) is 12.5. The first-order valence-electron chi connectivity index (χ1n) is 6.88. The summed E-state index contributed by atoms with van der Waals surface area (Å²) in [6, 6.07) is -0.635. The fourth-order valence-corrected chi connectivity index (χ4v) is 1.46. The summed E-state index contributed by atoms with van der Waals surface area (Å²) in [4.78, 5) is 45.2. The van der Waals surface area contributed by atoms with Gasteiger partial charge < -0.3 is 10.1 Å². The molecule has 0 bridgehead atoms. The smallest absolute Gasteiger partial charge is 0.356 e. The zero-order valence-electron chi connectivity index (χ0n) is 12.5. The first-order chi connectivity index (χ1) is 10.4. The fourth-order valence-electron chi connectivity index (χ4n) is 1.46. The van der Waals surface area contributed by atoms with E-state index < -0.39 is 24.5 Å². The van der Waals surface area contributed by atoms with Crippen LogP contribution in [0.1, 0.15) is 26.7 Å². The Balaban J connectivity index is 2.23. The highest BCUT2D eigenvalue weighted by molar-refractivity contribution is 5.97. The van der Waals surface area contributed by atoms with E-state index in [2.05, 4.69) is 16.2 Å². The normalized spacial score (nSPS) is 13.6. The molecule has 1 rings (SSSR count). The molecule has 0 radical (unpaired) electrons. The number of hydrogen-bond donors (Lipinski definition) is 4. The molecule has 4 amide bonds. The van der Waals surface area contributed by atoms with Gasteiger partial charge in [0.1, 0.15) is 5.70 Å². The largest absolute Gasteiger partial charge is 0.451 e. The van der Waals surface area contributed by atoms with Gasteiger partial charge in [-0.15, -0.1) is 0 Å². The molecule has 0 saturated heterocycles. The zero-order chi connectivity index (χ0) is 16.5. The first-order valence-corrected chi connectivity index (χ1v) is 6.88. The quantitative estimate of drug-likeness (QED) is 0.481. The van der Waals surface area contributed by atoms with Crippen molar-refractivity contribution in [1.82, 2.24) is 21.5 Å². The average molecular weight is 312 g/mol. The molecule has 0 saturated carbocycles. The molecule has 22 heavy (non-hydrogen) atoms. The molecule has 0 aromatic heterocycles. The van der Waals surface area contributed by atoms with Crippen molar-refractivity contribution in [2.24, 2.45) is 5.92 Å². The summed E-state index contributed by atoms with van der Waals surface area (Å²) in [5, 5.41) is 4.56. The number of esters is 1. The number of nitrogens with one attached hydrogen (secondary N) is 4. The minimum absolute atomic E-state index is 0.0359. The van der Waals surface area contributed by atoms with Crippen LogP contribution in [-0.2, 0) is 19.1 Å². The third kappa shape index (κ3) is 6.73. The minimum atomic E-state index is -0.796. The molecule has 0 fully saturated rings. The summed E-state index contributed by atoms with van der Waals surface area (Å²) in [7, 11) is 0. The van der Waals surface area contributed by atoms with E-state index in [0.717, 1.165) is 6.42 Å². The van der Waals surface area contributed by atoms with Gasteiger partial charge in [-0.25, -0.2) is 9.59 Å². The molecule has 9 nitrogen and oxygen atoms in total. The Bertz CT molecular complexity index is 487. The topological polar surface area (TPSA) is 126 Å². The van der Waals surface area contributed by atoms with Crippen molar-refractivity contribution in [3.05, 3.63) is 11.8 Å². The molecule has 0 spiro atoms. The van der Waals surface area contributed by atoms with Gasteiger partial charge in [0.05, 0.1) is 0 Å². The summed E-state index contributed by atoms with van der Waals surface area (Å²) in [5.74, 6) is -1.38. The first kappa shape index (κ1) is 17.5. The van der Waals surface area contributed by atoms with Crippen LogP contribution in [0.5, 0.6) is 0 Å². The van der Waals surface area contributed by atoms with Gasteiger partial charge in [0.2, 0.25) is 5.91 Å². The summed E-state index contributed by atoms with van der Waals surface area (Å²) in [5.41, 5.74) is 4.63. The number of urea groups is 1. The number of imide groups is 1. The fraction of sp³-hybridized carbons (Fsp3) is 0.538. The lowest BCUT2D eigenvalue weighted by Crippen LogP contribution is -2.44. The van der Waals surface area contributed by atoms with Crippen LogP contribution >= 0.6 is 0 Å². The molecule has 0 aromatic carbocycles. The van der Waals surface area contributed by atoms with Crippen LogP contribution < -0.4 is 21.5 Å². The number of carbonyl (C=O) groups excluding carboxylic acids is 4. The van der Waals surface area contributed by atoms with Crippen molar-refractivity contribution in [1.29, 1.82) is 0 Å². The van der Waals surface area contributed by atoms with Crippen molar-refractivity contribution in [2.75, 3.05) is 13.2 Å². The van der Waals surface area contributed by atoms with Gasteiger partial charge in [0, 0.05) is 13.0 Å². The summed E-state index contributed by atoms with van der Waals surface area (Å²) < 4.78 is 4.71. The van der Waals surface area contributed by atoms with Crippen molar-refractivity contribution in [2.45, 2.75) is 26.7 Å². The molecule has 122 valence electrons. The maximum absolute atomic E-state index is 11.6. The standard InChI is InChI=1S/C13H20N4O5/c1-8(2)5-6-14-13(21)15-11(19)7-22-12(20)9-3-4-10(18)17-16-9/h3,8,16H,4-7H2,1-2H3,(H,17,18)(H2,14,15,19,21). The number of ether oxygens (including phenoxy) is 1. The maximum Gasteiger partial charge on any atom is 0.356 e. The van der Waals surface area contributed by atoms with E-state index in [4.69, 9.17) is 4.74 Å². The van der Waals surface area contributed by atoms with Crippen LogP contribution in [0.15, 0.2) is 11.8 Å². The van der Waals surface area contributed by atoms with Gasteiger partial charge in [-0.3, -0.25) is 25.8 Å². The Kier molecular flexibility index (Phi) is 6.87. The molecule has 1 aliphatic rings. The molecule has 1 aliphatic heterocycles. The molecule has 1 heterocycles. The lowest BCUT2D eigenvalue weighted by atomic mass is 10.1. The second-order valence-corrected chi connectivity index (χ2v) is 5.06. The van der Waals surface area contributed by atoms with Crippen LogP contribution in [0.3, 0.4) is 0 Å². The summed E-state index contributed by atoms with van der Waals surface area (Å²) in [6.45, 7) is 3.89. The summed E-state index contributed by atoms with van der Waals surface area (Å²) in [6.07, 6.45) is 2.18. The second-order valence-electron chi connectivity index (χ2n) is 5.06. The highest BCUT2D eigenvalue weighted by Gasteiger charge is 2.18. The molecular formula is C13H20N4O5. The Morgan fingerprint density at radius 2 is 2.05 bits per heavy atom. The van der Waals surface area contributed by atoms with Gasteiger partial charge in [0.25, 0.3) is 5.91 Å². The highest BCUT2D eigenvalue weighted by atomic mass is 16.5. The van der Waals surface area contributed by atoms with Crippen LogP contribution in [0.2, 0.25) is 0 Å². The summed E-state index contributed by atoms with van der Waals surface area (Å²) >= 11 is 0. The molecule has 0 atom stereocenters. The van der Waals surface area contributed by atoms with Crippen LogP contribution in [0.4, 0.5) is 4.79 Å². The SMILES string of the molecule is CC(C)CCNC(=O)NC(=O)COC(=O)C1=CCC(=O)NN1. The van der Waals surface area contributed by atoms with Gasteiger partial charge in [-0.05, 0) is 18.4 Å². The Morgan fingerprint density at radius 3 is 2.64 bits per heavy atom. The van der Waals surface area contributed by atoms with E-state index in [1.807, 2.05) is 19.2 Å². The molecule has 0 aliphatic carbocycles. The van der Waals surface area contributed by atoms with Crippen molar-refractivity contribution in [3.63, 3.8) is 0 Å². The Labute approximate surface area is 127 Å². The van der Waals surface area contributed by atoms with Crippen LogP contribution in [0.25, 0.3) is 0 Å². The Morgan fingerprint density at radius 1 is 1.32 bits per heavy atom. The third-order valence-corrected chi connectivity index (χ3v) is 2.64. The number of hydrogen-bond acceptors (Lipinski definition) is 6. The number of rotatable bonds is 6. The van der Waals surface area contributed by atoms with Gasteiger partial charge in [-0.1, -0.05) is 13.8 Å². The second kappa shape index (κ2) is 8.65. The lowest BCUT2D eigenvalue weighted by molar-refractivity contribution is -0.145. The average Bonchev–Trinajstić information content (AvgIpc) is 2.45. The van der Waals surface area contributed by atoms with E-state index in [-0.39, 0.29) is 18.0 Å². The predicted molar refractivity (Wildman–Crippen MR) is 75.9 cm³/mol. The molecular weight excluding hydrogens is 292 g/mol. The monoisotopic (exact) mass is 312 g/mol. The van der Waals surface area contributed by atoms with E-state index in [1.54, 1.807) is 0 Å². The van der Waals surface area contributed by atoms with Crippen molar-refractivity contribution < 1.29 is 23.9 Å². The van der Waals surface area contributed by atoms with Gasteiger partial charge in [0.15, 0.2) is 6.61 Å². The third-order valence-electron chi connectivity index (χ3n) is 2.64. The van der Waals surface area contributed by atoms with E-state index in [1.165, 1.54) is 6.08 Å². The molecule has 0 aromatic rings. The minimum Gasteiger partial charge on any atom is -0.451 e. The van der Waals surface area contributed by atoms with Crippen molar-refractivity contribution >= 4 is 23.8 Å². The molecule has 9 heteroatoms. The van der Waals surface area contributed by atoms with Gasteiger partial charge >= 0.3 is 12.0 Å². The van der Waals surface area contributed by atoms with Crippen LogP contribution in [-0.4, -0.2) is 37.0 Å². The predicted octanol–water partition coefficient (Wildman–Crippen LogP) is -0.690. The maximum atomic E-state index is 11.6. The van der Waals surface area contributed by atoms with E-state index >= 15 is 0 Å². The van der Waals surface area contributed by atoms with Crippen LogP contribution in [0, 0.1) is 5.92 Å². The van der Waals surface area contributed by atoms with Crippen molar-refractivity contribution in [3.8, 4) is 0 Å². The molecule has 0 unspecified atom stereocenters. The van der Waals surface area contributed by atoms with Gasteiger partial charge in [-0.2, -0.15) is 0 Å². The van der Waals surface area contributed by atoms with E-state index in [9.17, 15) is 19.2 Å².